The van der Waals surface area contributed by atoms with Gasteiger partial charge in [0.2, 0.25) is 0 Å². The normalized spacial score (nSPS) is 14.5. The Hall–Kier alpha value is -2.65. The van der Waals surface area contributed by atoms with E-state index < -0.39 is 9.84 Å². The molecule has 2 aromatic carbocycles. The van der Waals surface area contributed by atoms with Crippen LogP contribution in [0.25, 0.3) is 10.2 Å². The molecule has 1 saturated heterocycles. The number of carbonyl (C=O) groups is 1. The van der Waals surface area contributed by atoms with E-state index in [9.17, 15) is 13.2 Å². The van der Waals surface area contributed by atoms with Gasteiger partial charge in [0.1, 0.15) is 11.9 Å². The predicted octanol–water partition coefficient (Wildman–Crippen LogP) is 3.29. The number of thiazole rings is 1. The van der Waals surface area contributed by atoms with Crippen LogP contribution in [0, 0.1) is 0 Å². The molecule has 0 amide bonds. The number of fused-ring (bicyclic) bond motifs is 1. The molecular formula is C21H22N2O5S2. The van der Waals surface area contributed by atoms with E-state index in [1.54, 1.807) is 23.5 Å². The van der Waals surface area contributed by atoms with E-state index >= 15 is 0 Å². The minimum absolute atomic E-state index is 0.0764. The summed E-state index contributed by atoms with van der Waals surface area (Å²) in [5, 5.41) is 0.925. The molecule has 0 saturated carbocycles. The third-order valence-corrected chi connectivity index (χ3v) is 7.83. The summed E-state index contributed by atoms with van der Waals surface area (Å²) >= 11 is 1.62. The van der Waals surface area contributed by atoms with Gasteiger partial charge in [0.25, 0.3) is 0 Å². The number of hydrogen-bond acceptors (Lipinski definition) is 8. The maximum atomic E-state index is 12.4. The molecule has 1 aliphatic rings. The number of hydrogen-bond donors (Lipinski definition) is 0. The summed E-state index contributed by atoms with van der Waals surface area (Å²) < 4.78 is 36.4. The summed E-state index contributed by atoms with van der Waals surface area (Å²) in [5.41, 5.74) is 0.969. The van der Waals surface area contributed by atoms with Crippen molar-refractivity contribution in [3.05, 3.63) is 48.5 Å². The number of anilines is 1. The molecule has 0 bridgehead atoms. The summed E-state index contributed by atoms with van der Waals surface area (Å²) in [6, 6.07) is 14.2. The van der Waals surface area contributed by atoms with Crippen LogP contribution in [0.3, 0.4) is 0 Å². The van der Waals surface area contributed by atoms with Crippen molar-refractivity contribution in [2.24, 2.45) is 0 Å². The number of methoxy groups -OCH3 is 1. The number of para-hydroxylation sites is 1. The molecule has 0 unspecified atom stereocenters. The van der Waals surface area contributed by atoms with E-state index in [1.165, 1.54) is 19.2 Å². The molecule has 4 rings (SSSR count). The van der Waals surface area contributed by atoms with Gasteiger partial charge in [-0.2, -0.15) is 0 Å². The summed E-state index contributed by atoms with van der Waals surface area (Å²) in [7, 11) is -1.91. The number of ether oxygens (including phenoxy) is 2. The average molecular weight is 447 g/mol. The molecule has 0 aliphatic carbocycles. The zero-order valence-electron chi connectivity index (χ0n) is 16.5. The lowest BCUT2D eigenvalue weighted by Gasteiger charge is -2.38. The van der Waals surface area contributed by atoms with Crippen molar-refractivity contribution in [2.45, 2.75) is 23.8 Å². The maximum Gasteiger partial charge on any atom is 0.306 e. The lowest BCUT2D eigenvalue weighted by molar-refractivity contribution is -0.150. The summed E-state index contributed by atoms with van der Waals surface area (Å²) in [4.78, 5) is 19.0. The van der Waals surface area contributed by atoms with Gasteiger partial charge in [0.05, 0.1) is 41.1 Å². The first-order valence-electron chi connectivity index (χ1n) is 9.61. The molecule has 1 aromatic heterocycles. The topological polar surface area (TPSA) is 85.8 Å². The number of rotatable bonds is 8. The minimum atomic E-state index is -3.44. The highest BCUT2D eigenvalue weighted by Crippen LogP contribution is 2.31. The van der Waals surface area contributed by atoms with E-state index in [0.717, 1.165) is 15.3 Å². The second-order valence-corrected chi connectivity index (χ2v) is 10.2. The van der Waals surface area contributed by atoms with Crippen molar-refractivity contribution in [1.82, 2.24) is 4.98 Å². The van der Waals surface area contributed by atoms with Crippen LogP contribution in [0.5, 0.6) is 5.75 Å². The van der Waals surface area contributed by atoms with Crippen molar-refractivity contribution < 1.29 is 22.7 Å². The number of esters is 1. The molecule has 7 nitrogen and oxygen atoms in total. The zero-order valence-corrected chi connectivity index (χ0v) is 18.1. The Morgan fingerprint density at radius 2 is 1.90 bits per heavy atom. The van der Waals surface area contributed by atoms with Gasteiger partial charge in [-0.05, 0) is 42.8 Å². The fourth-order valence-corrected chi connectivity index (χ4v) is 5.51. The maximum absolute atomic E-state index is 12.4. The molecule has 0 N–H and O–H groups in total. The van der Waals surface area contributed by atoms with Crippen LogP contribution >= 0.6 is 11.3 Å². The quantitative estimate of drug-likeness (QED) is 0.491. The number of aromatic nitrogens is 1. The number of benzene rings is 2. The van der Waals surface area contributed by atoms with Crippen molar-refractivity contribution in [2.75, 3.05) is 30.9 Å². The third kappa shape index (κ3) is 4.57. The Morgan fingerprint density at radius 3 is 2.60 bits per heavy atom. The first kappa shape index (κ1) is 20.6. The van der Waals surface area contributed by atoms with Gasteiger partial charge in [-0.1, -0.05) is 23.5 Å². The second kappa shape index (κ2) is 8.61. The Bertz CT molecular complexity index is 1100. The first-order valence-corrected chi connectivity index (χ1v) is 12.1. The number of nitrogens with zero attached hydrogens (tertiary/aromatic N) is 2. The standard InChI is InChI=1S/C21H22N2O5S2/c1-27-15-8-10-17(11-9-15)30(25,26)12-4-7-20(24)28-16-13-23(14-16)21-22-18-5-2-3-6-19(18)29-21/h2-3,5-6,8-11,16H,4,7,12-14H2,1H3. The smallest absolute Gasteiger partial charge is 0.306 e. The van der Waals surface area contributed by atoms with Crippen molar-refractivity contribution >= 4 is 42.5 Å². The van der Waals surface area contributed by atoms with Crippen LogP contribution in [0.1, 0.15) is 12.8 Å². The summed E-state index contributed by atoms with van der Waals surface area (Å²) in [6.45, 7) is 1.21. The highest BCUT2D eigenvalue weighted by Gasteiger charge is 2.32. The van der Waals surface area contributed by atoms with Crippen LogP contribution in [0.2, 0.25) is 0 Å². The monoisotopic (exact) mass is 446 g/mol. The molecule has 2 heterocycles. The van der Waals surface area contributed by atoms with Crippen LogP contribution in [-0.4, -0.2) is 51.4 Å². The minimum Gasteiger partial charge on any atom is -0.497 e. The van der Waals surface area contributed by atoms with Gasteiger partial charge in [-0.3, -0.25) is 4.79 Å². The molecule has 0 radical (unpaired) electrons. The number of carbonyl (C=O) groups excluding carboxylic acids is 1. The third-order valence-electron chi connectivity index (χ3n) is 4.91. The van der Waals surface area contributed by atoms with Crippen molar-refractivity contribution in [3.63, 3.8) is 0 Å². The van der Waals surface area contributed by atoms with Gasteiger partial charge in [-0.15, -0.1) is 0 Å². The lowest BCUT2D eigenvalue weighted by Crippen LogP contribution is -2.53. The molecule has 0 spiro atoms. The summed E-state index contributed by atoms with van der Waals surface area (Å²) in [6.07, 6.45) is 0.122. The first-order chi connectivity index (χ1) is 14.4. The average Bonchev–Trinajstić information content (AvgIpc) is 3.13. The molecule has 3 aromatic rings. The Kier molecular flexibility index (Phi) is 5.92. The lowest BCUT2D eigenvalue weighted by atomic mass is 10.2. The predicted molar refractivity (Wildman–Crippen MR) is 116 cm³/mol. The second-order valence-electron chi connectivity index (χ2n) is 7.08. The molecule has 9 heteroatoms. The molecule has 0 atom stereocenters. The van der Waals surface area contributed by atoms with Crippen LogP contribution in [0.15, 0.2) is 53.4 Å². The molecule has 30 heavy (non-hydrogen) atoms. The van der Waals surface area contributed by atoms with Gasteiger partial charge in [-0.25, -0.2) is 13.4 Å². The Morgan fingerprint density at radius 1 is 1.17 bits per heavy atom. The van der Waals surface area contributed by atoms with Gasteiger partial charge < -0.3 is 14.4 Å². The summed E-state index contributed by atoms with van der Waals surface area (Å²) in [5.74, 6) is 0.128. The Balaban J connectivity index is 1.21. The van der Waals surface area contributed by atoms with E-state index in [2.05, 4.69) is 9.88 Å². The van der Waals surface area contributed by atoms with E-state index in [-0.39, 0.29) is 35.6 Å². The Labute approximate surface area is 179 Å². The van der Waals surface area contributed by atoms with Gasteiger partial charge in [0.15, 0.2) is 15.0 Å². The largest absolute Gasteiger partial charge is 0.497 e. The molecule has 1 fully saturated rings. The van der Waals surface area contributed by atoms with Crippen LogP contribution in [0.4, 0.5) is 5.13 Å². The highest BCUT2D eigenvalue weighted by molar-refractivity contribution is 7.91. The number of sulfone groups is 1. The van der Waals surface area contributed by atoms with Gasteiger partial charge in [0, 0.05) is 6.42 Å². The van der Waals surface area contributed by atoms with Crippen LogP contribution < -0.4 is 9.64 Å². The van der Waals surface area contributed by atoms with Crippen LogP contribution in [-0.2, 0) is 19.4 Å². The van der Waals surface area contributed by atoms with Crippen molar-refractivity contribution in [1.29, 1.82) is 0 Å². The van der Waals surface area contributed by atoms with E-state index in [0.29, 0.717) is 18.8 Å². The molecule has 1 aliphatic heterocycles. The highest BCUT2D eigenvalue weighted by atomic mass is 32.2. The fourth-order valence-electron chi connectivity index (χ4n) is 3.22. The SMILES string of the molecule is COc1ccc(S(=O)(=O)CCCC(=O)OC2CN(c3nc4ccccc4s3)C2)cc1. The van der Waals surface area contributed by atoms with E-state index in [1.807, 2.05) is 24.3 Å². The van der Waals surface area contributed by atoms with Crippen molar-refractivity contribution in [3.8, 4) is 5.75 Å². The van der Waals surface area contributed by atoms with Gasteiger partial charge >= 0.3 is 5.97 Å². The molecular weight excluding hydrogens is 424 g/mol. The molecule has 158 valence electrons. The zero-order chi connectivity index (χ0) is 21.1. The van der Waals surface area contributed by atoms with E-state index in [4.69, 9.17) is 9.47 Å². The fraction of sp³-hybridized carbons (Fsp3) is 0.333.